The SMILES string of the molecule is CCc1ccc2oc3c(c(=O)c2c1)C(c1cccc(OC)c1)N(CCN1CCOCC1)C3=O. The van der Waals surface area contributed by atoms with Crippen molar-refractivity contribution in [3.63, 3.8) is 0 Å². The quantitative estimate of drug-likeness (QED) is 0.577. The molecule has 1 saturated heterocycles. The fourth-order valence-corrected chi connectivity index (χ4v) is 4.75. The van der Waals surface area contributed by atoms with Gasteiger partial charge in [0.05, 0.1) is 37.3 Å². The van der Waals surface area contributed by atoms with E-state index in [9.17, 15) is 9.59 Å². The molecule has 1 unspecified atom stereocenters. The van der Waals surface area contributed by atoms with E-state index >= 15 is 0 Å². The highest BCUT2D eigenvalue weighted by Gasteiger charge is 2.42. The molecule has 1 aromatic heterocycles. The Morgan fingerprint density at radius 2 is 1.88 bits per heavy atom. The van der Waals surface area contributed by atoms with E-state index in [1.807, 2.05) is 43.3 Å². The van der Waals surface area contributed by atoms with E-state index in [0.29, 0.717) is 48.6 Å². The summed E-state index contributed by atoms with van der Waals surface area (Å²) in [5, 5.41) is 0.517. The van der Waals surface area contributed by atoms with E-state index in [2.05, 4.69) is 4.90 Å². The number of hydrogen-bond acceptors (Lipinski definition) is 6. The Hall–Kier alpha value is -3.16. The van der Waals surface area contributed by atoms with Crippen molar-refractivity contribution in [2.45, 2.75) is 19.4 Å². The van der Waals surface area contributed by atoms with Gasteiger partial charge in [-0.2, -0.15) is 0 Å². The molecule has 3 aromatic rings. The van der Waals surface area contributed by atoms with Crippen LogP contribution in [0.5, 0.6) is 5.75 Å². The minimum atomic E-state index is -0.519. The van der Waals surface area contributed by atoms with Crippen molar-refractivity contribution in [3.05, 3.63) is 75.1 Å². The van der Waals surface area contributed by atoms with Gasteiger partial charge in [-0.15, -0.1) is 0 Å². The normalized spacial score (nSPS) is 18.7. The summed E-state index contributed by atoms with van der Waals surface area (Å²) in [4.78, 5) is 31.3. The molecule has 33 heavy (non-hydrogen) atoms. The number of nitrogens with zero attached hydrogens (tertiary/aromatic N) is 2. The summed E-state index contributed by atoms with van der Waals surface area (Å²) < 4.78 is 16.9. The molecular formula is C26H28N2O5. The number of carbonyl (C=O) groups is 1. The maximum Gasteiger partial charge on any atom is 0.290 e. The zero-order valence-electron chi connectivity index (χ0n) is 19.0. The Balaban J connectivity index is 1.62. The fourth-order valence-electron chi connectivity index (χ4n) is 4.75. The minimum absolute atomic E-state index is 0.142. The first-order valence-corrected chi connectivity index (χ1v) is 11.5. The van der Waals surface area contributed by atoms with E-state index in [1.165, 1.54) is 0 Å². The maximum absolute atomic E-state index is 13.7. The Kier molecular flexibility index (Phi) is 5.91. The number of morpholine rings is 1. The molecule has 172 valence electrons. The second-order valence-electron chi connectivity index (χ2n) is 8.49. The van der Waals surface area contributed by atoms with Crippen molar-refractivity contribution in [1.29, 1.82) is 0 Å². The molecule has 0 aliphatic carbocycles. The first-order valence-electron chi connectivity index (χ1n) is 11.5. The Labute approximate surface area is 192 Å². The van der Waals surface area contributed by atoms with Gasteiger partial charge in [0.15, 0.2) is 5.43 Å². The minimum Gasteiger partial charge on any atom is -0.497 e. The van der Waals surface area contributed by atoms with Crippen LogP contribution in [-0.2, 0) is 11.2 Å². The Morgan fingerprint density at radius 1 is 1.06 bits per heavy atom. The van der Waals surface area contributed by atoms with Gasteiger partial charge in [0.2, 0.25) is 5.76 Å². The summed E-state index contributed by atoms with van der Waals surface area (Å²) in [6.45, 7) is 6.29. The van der Waals surface area contributed by atoms with Crippen LogP contribution in [0.2, 0.25) is 0 Å². The van der Waals surface area contributed by atoms with Gasteiger partial charge in [-0.3, -0.25) is 14.5 Å². The zero-order chi connectivity index (χ0) is 22.9. The second kappa shape index (κ2) is 9.00. The summed E-state index contributed by atoms with van der Waals surface area (Å²) in [5.41, 5.74) is 2.61. The molecular weight excluding hydrogens is 420 g/mol. The number of benzene rings is 2. The third-order valence-electron chi connectivity index (χ3n) is 6.61. The van der Waals surface area contributed by atoms with Crippen molar-refractivity contribution >= 4 is 16.9 Å². The third kappa shape index (κ3) is 3.92. The van der Waals surface area contributed by atoms with Gasteiger partial charge in [-0.05, 0) is 41.8 Å². The van der Waals surface area contributed by atoms with E-state index in [-0.39, 0.29) is 17.1 Å². The van der Waals surface area contributed by atoms with E-state index in [0.717, 1.165) is 30.6 Å². The average Bonchev–Trinajstić information content (AvgIpc) is 3.15. The third-order valence-corrected chi connectivity index (χ3v) is 6.61. The molecule has 2 aliphatic rings. The molecule has 0 saturated carbocycles. The summed E-state index contributed by atoms with van der Waals surface area (Å²) in [5.74, 6) is 0.580. The van der Waals surface area contributed by atoms with Crippen LogP contribution in [-0.4, -0.2) is 62.2 Å². The Bertz CT molecular complexity index is 1250. The first-order chi connectivity index (χ1) is 16.1. The van der Waals surface area contributed by atoms with Crippen molar-refractivity contribution in [2.24, 2.45) is 0 Å². The predicted octanol–water partition coefficient (Wildman–Crippen LogP) is 3.24. The molecule has 1 atom stereocenters. The summed E-state index contributed by atoms with van der Waals surface area (Å²) in [6.07, 6.45) is 0.816. The molecule has 0 radical (unpaired) electrons. The molecule has 5 rings (SSSR count). The Morgan fingerprint density at radius 3 is 2.64 bits per heavy atom. The molecule has 7 heteroatoms. The van der Waals surface area contributed by atoms with E-state index in [4.69, 9.17) is 13.9 Å². The molecule has 0 bridgehead atoms. The van der Waals surface area contributed by atoms with Crippen molar-refractivity contribution in [3.8, 4) is 5.75 Å². The highest BCUT2D eigenvalue weighted by Crippen LogP contribution is 2.39. The fraction of sp³-hybridized carbons (Fsp3) is 0.385. The number of fused-ring (bicyclic) bond motifs is 2. The molecule has 1 amide bonds. The lowest BCUT2D eigenvalue weighted by molar-refractivity contribution is 0.0314. The highest BCUT2D eigenvalue weighted by molar-refractivity contribution is 5.99. The number of hydrogen-bond donors (Lipinski definition) is 0. The number of carbonyl (C=O) groups excluding carboxylic acids is 1. The van der Waals surface area contributed by atoms with Gasteiger partial charge in [0.25, 0.3) is 5.91 Å². The van der Waals surface area contributed by atoms with Crippen LogP contribution >= 0.6 is 0 Å². The smallest absolute Gasteiger partial charge is 0.290 e. The molecule has 2 aliphatic heterocycles. The van der Waals surface area contributed by atoms with Gasteiger partial charge in [0, 0.05) is 26.2 Å². The van der Waals surface area contributed by atoms with E-state index < -0.39 is 6.04 Å². The highest BCUT2D eigenvalue weighted by atomic mass is 16.5. The number of rotatable bonds is 6. The standard InChI is InChI=1S/C26H28N2O5/c1-3-17-7-8-21-20(15-17)24(29)22-23(18-5-4-6-19(16-18)31-2)28(26(30)25(22)33-21)10-9-27-11-13-32-14-12-27/h4-8,15-16,23H,3,9-14H2,1-2H3. The van der Waals surface area contributed by atoms with Crippen LogP contribution in [0.4, 0.5) is 0 Å². The van der Waals surface area contributed by atoms with Crippen LogP contribution in [0.15, 0.2) is 51.7 Å². The van der Waals surface area contributed by atoms with Gasteiger partial charge >= 0.3 is 0 Å². The van der Waals surface area contributed by atoms with Gasteiger partial charge in [0.1, 0.15) is 11.3 Å². The van der Waals surface area contributed by atoms with Gasteiger partial charge in [-0.25, -0.2) is 0 Å². The average molecular weight is 449 g/mol. The number of methoxy groups -OCH3 is 1. The summed E-state index contributed by atoms with van der Waals surface area (Å²) in [6, 6.07) is 12.7. The van der Waals surface area contributed by atoms with Crippen molar-refractivity contribution in [2.75, 3.05) is 46.5 Å². The molecule has 3 heterocycles. The predicted molar refractivity (Wildman–Crippen MR) is 125 cm³/mol. The maximum atomic E-state index is 13.7. The summed E-state index contributed by atoms with van der Waals surface area (Å²) in [7, 11) is 1.61. The zero-order valence-corrected chi connectivity index (χ0v) is 19.0. The van der Waals surface area contributed by atoms with E-state index in [1.54, 1.807) is 18.1 Å². The topological polar surface area (TPSA) is 72.2 Å². The molecule has 2 aromatic carbocycles. The van der Waals surface area contributed by atoms with Crippen LogP contribution in [0, 0.1) is 0 Å². The lowest BCUT2D eigenvalue weighted by atomic mass is 9.97. The molecule has 0 spiro atoms. The monoisotopic (exact) mass is 448 g/mol. The van der Waals surface area contributed by atoms with Gasteiger partial charge < -0.3 is 18.8 Å². The molecule has 1 fully saturated rings. The number of aryl methyl sites for hydroxylation is 1. The first kappa shape index (κ1) is 21.7. The number of ether oxygens (including phenoxy) is 2. The van der Waals surface area contributed by atoms with Crippen LogP contribution in [0.3, 0.4) is 0 Å². The van der Waals surface area contributed by atoms with Gasteiger partial charge in [-0.1, -0.05) is 25.1 Å². The lowest BCUT2D eigenvalue weighted by Gasteiger charge is -2.31. The molecule has 0 N–H and O–H groups in total. The van der Waals surface area contributed by atoms with Crippen molar-refractivity contribution in [1.82, 2.24) is 9.80 Å². The van der Waals surface area contributed by atoms with Crippen LogP contribution < -0.4 is 10.2 Å². The second-order valence-corrected chi connectivity index (χ2v) is 8.49. The van der Waals surface area contributed by atoms with Crippen molar-refractivity contribution < 1.29 is 18.7 Å². The molecule has 7 nitrogen and oxygen atoms in total. The van der Waals surface area contributed by atoms with Crippen LogP contribution in [0.25, 0.3) is 11.0 Å². The van der Waals surface area contributed by atoms with Crippen LogP contribution in [0.1, 0.15) is 40.2 Å². The number of amides is 1. The summed E-state index contributed by atoms with van der Waals surface area (Å²) >= 11 is 0. The largest absolute Gasteiger partial charge is 0.497 e. The lowest BCUT2D eigenvalue weighted by Crippen LogP contribution is -2.42.